The molecule has 2 N–H and O–H groups in total. The Bertz CT molecular complexity index is 218. The third-order valence-electron chi connectivity index (χ3n) is 3.05. The summed E-state index contributed by atoms with van der Waals surface area (Å²) in [6.07, 6.45) is 4.16. The number of nitrogens with one attached hydrogen (secondary N) is 1. The van der Waals surface area contributed by atoms with Gasteiger partial charge in [0.05, 0.1) is 12.1 Å². The molecule has 0 unspecified atom stereocenters. The lowest BCUT2D eigenvalue weighted by Crippen LogP contribution is -2.43. The van der Waals surface area contributed by atoms with E-state index in [9.17, 15) is 5.11 Å². The minimum absolute atomic E-state index is 0.470. The van der Waals surface area contributed by atoms with Crippen LogP contribution in [0.1, 0.15) is 39.5 Å². The van der Waals surface area contributed by atoms with Crippen LogP contribution in [0.4, 0.5) is 0 Å². The molecule has 2 heteroatoms. The summed E-state index contributed by atoms with van der Waals surface area (Å²) in [6.45, 7) is 5.47. The zero-order chi connectivity index (χ0) is 10.4. The molecule has 0 heterocycles. The highest BCUT2D eigenvalue weighted by Gasteiger charge is 2.30. The molecule has 0 radical (unpaired) electrons. The van der Waals surface area contributed by atoms with E-state index < -0.39 is 5.60 Å². The summed E-state index contributed by atoms with van der Waals surface area (Å²) in [5.41, 5.74) is -0.470. The fourth-order valence-electron chi connectivity index (χ4n) is 1.92. The van der Waals surface area contributed by atoms with Crippen molar-refractivity contribution in [1.82, 2.24) is 5.32 Å². The van der Waals surface area contributed by atoms with Gasteiger partial charge in [-0.3, -0.25) is 0 Å². The van der Waals surface area contributed by atoms with Gasteiger partial charge in [0.15, 0.2) is 0 Å². The maximum atomic E-state index is 10.2. The van der Waals surface area contributed by atoms with E-state index in [0.717, 1.165) is 31.6 Å². The first-order valence-electron chi connectivity index (χ1n) is 5.49. The van der Waals surface area contributed by atoms with Crippen LogP contribution in [0.3, 0.4) is 0 Å². The quantitative estimate of drug-likeness (QED) is 0.529. The second-order valence-electron chi connectivity index (χ2n) is 4.44. The van der Waals surface area contributed by atoms with Crippen LogP contribution in [0.25, 0.3) is 0 Å². The standard InChI is InChI=1S/C12H21NO/c1-3-4-9-13-10-12(14)7-5-11(2)6-8-12/h11,13-14H,5-10H2,1-2H3. The predicted octanol–water partition coefficient (Wildman–Crippen LogP) is 1.54. The van der Waals surface area contributed by atoms with Crippen molar-refractivity contribution in [2.24, 2.45) is 5.92 Å². The third-order valence-corrected chi connectivity index (χ3v) is 3.05. The zero-order valence-electron chi connectivity index (χ0n) is 9.27. The highest BCUT2D eigenvalue weighted by Crippen LogP contribution is 2.31. The molecule has 0 atom stereocenters. The van der Waals surface area contributed by atoms with Gasteiger partial charge >= 0.3 is 0 Å². The maximum absolute atomic E-state index is 10.2. The Morgan fingerprint density at radius 2 is 2.07 bits per heavy atom. The van der Waals surface area contributed by atoms with Gasteiger partial charge < -0.3 is 10.4 Å². The van der Waals surface area contributed by atoms with Gasteiger partial charge in [0.25, 0.3) is 0 Å². The Labute approximate surface area is 87.1 Å². The Hall–Kier alpha value is -0.520. The lowest BCUT2D eigenvalue weighted by Gasteiger charge is -2.34. The first-order chi connectivity index (χ1) is 6.66. The Balaban J connectivity index is 2.23. The molecule has 14 heavy (non-hydrogen) atoms. The van der Waals surface area contributed by atoms with Crippen LogP contribution in [0.15, 0.2) is 0 Å². The Kier molecular flexibility index (Phi) is 4.44. The second-order valence-corrected chi connectivity index (χ2v) is 4.44. The van der Waals surface area contributed by atoms with Gasteiger partial charge in [-0.2, -0.15) is 0 Å². The average molecular weight is 195 g/mol. The predicted molar refractivity (Wildman–Crippen MR) is 58.9 cm³/mol. The summed E-state index contributed by atoms with van der Waals surface area (Å²) in [5.74, 6) is 6.56. The third kappa shape index (κ3) is 3.69. The summed E-state index contributed by atoms with van der Waals surface area (Å²) in [7, 11) is 0. The van der Waals surface area contributed by atoms with Crippen molar-refractivity contribution >= 4 is 0 Å². The van der Waals surface area contributed by atoms with E-state index in [2.05, 4.69) is 24.1 Å². The van der Waals surface area contributed by atoms with Crippen molar-refractivity contribution in [2.75, 3.05) is 13.1 Å². The molecule has 0 aromatic rings. The molecule has 1 rings (SSSR count). The SMILES string of the molecule is CC#CCNCC1(O)CCC(C)CC1. The van der Waals surface area contributed by atoms with Crippen LogP contribution in [-0.4, -0.2) is 23.8 Å². The molecule has 1 aliphatic carbocycles. The summed E-state index contributed by atoms with van der Waals surface area (Å²) in [5, 5.41) is 13.4. The molecule has 0 aromatic carbocycles. The number of hydrogen-bond acceptors (Lipinski definition) is 2. The van der Waals surface area contributed by atoms with E-state index >= 15 is 0 Å². The van der Waals surface area contributed by atoms with Gasteiger partial charge in [0.2, 0.25) is 0 Å². The summed E-state index contributed by atoms with van der Waals surface area (Å²) >= 11 is 0. The van der Waals surface area contributed by atoms with E-state index in [1.165, 1.54) is 0 Å². The van der Waals surface area contributed by atoms with E-state index in [1.807, 2.05) is 6.92 Å². The fraction of sp³-hybridized carbons (Fsp3) is 0.833. The topological polar surface area (TPSA) is 32.3 Å². The minimum Gasteiger partial charge on any atom is -0.389 e. The van der Waals surface area contributed by atoms with Crippen LogP contribution >= 0.6 is 0 Å². The Morgan fingerprint density at radius 3 is 2.64 bits per heavy atom. The molecule has 0 saturated heterocycles. The molecule has 0 spiro atoms. The lowest BCUT2D eigenvalue weighted by molar-refractivity contribution is -0.00520. The van der Waals surface area contributed by atoms with Gasteiger partial charge in [-0.15, -0.1) is 5.92 Å². The molecule has 80 valence electrons. The van der Waals surface area contributed by atoms with Crippen molar-refractivity contribution in [3.05, 3.63) is 0 Å². The maximum Gasteiger partial charge on any atom is 0.0772 e. The molecule has 1 fully saturated rings. The Morgan fingerprint density at radius 1 is 1.43 bits per heavy atom. The summed E-state index contributed by atoms with van der Waals surface area (Å²) in [6, 6.07) is 0. The molecule has 0 aromatic heterocycles. The molecule has 0 bridgehead atoms. The van der Waals surface area contributed by atoms with Crippen LogP contribution in [0.5, 0.6) is 0 Å². The zero-order valence-corrected chi connectivity index (χ0v) is 9.27. The first kappa shape index (κ1) is 11.6. The van der Waals surface area contributed by atoms with Crippen molar-refractivity contribution in [3.8, 4) is 11.8 Å². The molecule has 0 aliphatic heterocycles. The van der Waals surface area contributed by atoms with Gasteiger partial charge in [-0.05, 0) is 38.5 Å². The van der Waals surface area contributed by atoms with Crippen LogP contribution < -0.4 is 5.32 Å². The van der Waals surface area contributed by atoms with E-state index in [4.69, 9.17) is 0 Å². The highest BCUT2D eigenvalue weighted by atomic mass is 16.3. The molecule has 1 aliphatic rings. The molecule has 2 nitrogen and oxygen atoms in total. The lowest BCUT2D eigenvalue weighted by atomic mass is 9.79. The molecular weight excluding hydrogens is 174 g/mol. The fourth-order valence-corrected chi connectivity index (χ4v) is 1.92. The molecule has 0 amide bonds. The van der Waals surface area contributed by atoms with Gasteiger partial charge in [-0.25, -0.2) is 0 Å². The van der Waals surface area contributed by atoms with Crippen molar-refractivity contribution < 1.29 is 5.11 Å². The van der Waals surface area contributed by atoms with Gasteiger partial charge in [0, 0.05) is 6.54 Å². The van der Waals surface area contributed by atoms with Crippen LogP contribution in [-0.2, 0) is 0 Å². The smallest absolute Gasteiger partial charge is 0.0772 e. The monoisotopic (exact) mass is 195 g/mol. The van der Waals surface area contributed by atoms with E-state index in [-0.39, 0.29) is 0 Å². The second kappa shape index (κ2) is 5.38. The molecule has 1 saturated carbocycles. The van der Waals surface area contributed by atoms with E-state index in [1.54, 1.807) is 0 Å². The minimum atomic E-state index is -0.470. The first-order valence-corrected chi connectivity index (χ1v) is 5.49. The van der Waals surface area contributed by atoms with Crippen molar-refractivity contribution in [2.45, 2.75) is 45.1 Å². The van der Waals surface area contributed by atoms with Crippen LogP contribution in [0.2, 0.25) is 0 Å². The van der Waals surface area contributed by atoms with Crippen molar-refractivity contribution in [1.29, 1.82) is 0 Å². The largest absolute Gasteiger partial charge is 0.389 e. The number of hydrogen-bond donors (Lipinski definition) is 2. The average Bonchev–Trinajstić information content (AvgIpc) is 2.18. The summed E-state index contributed by atoms with van der Waals surface area (Å²) in [4.78, 5) is 0. The van der Waals surface area contributed by atoms with Crippen molar-refractivity contribution in [3.63, 3.8) is 0 Å². The van der Waals surface area contributed by atoms with Crippen LogP contribution in [0, 0.1) is 17.8 Å². The van der Waals surface area contributed by atoms with E-state index in [0.29, 0.717) is 13.1 Å². The van der Waals surface area contributed by atoms with Gasteiger partial charge in [-0.1, -0.05) is 12.8 Å². The highest BCUT2D eigenvalue weighted by molar-refractivity contribution is 4.98. The number of rotatable bonds is 3. The molecular formula is C12H21NO. The normalized spacial score (nSPS) is 32.1. The van der Waals surface area contributed by atoms with Gasteiger partial charge in [0.1, 0.15) is 0 Å². The summed E-state index contributed by atoms with van der Waals surface area (Å²) < 4.78 is 0. The number of aliphatic hydroxyl groups is 1.